The van der Waals surface area contributed by atoms with E-state index in [0.29, 0.717) is 11.1 Å². The molecule has 0 aliphatic carbocycles. The topological polar surface area (TPSA) is 23.8 Å². The lowest BCUT2D eigenvalue weighted by Gasteiger charge is -2.03. The van der Waals surface area contributed by atoms with E-state index >= 15 is 0 Å². The molecular formula is C12H12FNSi. The van der Waals surface area contributed by atoms with Crippen LogP contribution < -0.4 is 0 Å². The monoisotopic (exact) mass is 217 g/mol. The van der Waals surface area contributed by atoms with Crippen molar-refractivity contribution in [2.75, 3.05) is 0 Å². The fourth-order valence-electron chi connectivity index (χ4n) is 0.986. The zero-order valence-electron chi connectivity index (χ0n) is 9.06. The largest absolute Gasteiger partial charge is 0.207 e. The number of rotatable bonds is 0. The molecule has 3 heteroatoms. The number of nitriles is 1. The normalized spacial score (nSPS) is 10.1. The molecule has 1 rings (SSSR count). The first-order chi connectivity index (χ1) is 6.90. The standard InChI is InChI=1S/C12H12FNSi/c1-15(2,3)5-4-10-6-11(9-14)8-12(13)7-10/h6-8H,1-3H3. The van der Waals surface area contributed by atoms with E-state index in [4.69, 9.17) is 5.26 Å². The average molecular weight is 217 g/mol. The first-order valence-electron chi connectivity index (χ1n) is 4.64. The molecular weight excluding hydrogens is 205 g/mol. The summed E-state index contributed by atoms with van der Waals surface area (Å²) in [5.41, 5.74) is 4.02. The highest BCUT2D eigenvalue weighted by Gasteiger charge is 2.07. The van der Waals surface area contributed by atoms with Crippen molar-refractivity contribution in [3.63, 3.8) is 0 Å². The Morgan fingerprint density at radius 2 is 1.73 bits per heavy atom. The summed E-state index contributed by atoms with van der Waals surface area (Å²) in [6, 6.07) is 6.08. The Morgan fingerprint density at radius 3 is 2.27 bits per heavy atom. The third-order valence-corrected chi connectivity index (χ3v) is 2.48. The van der Waals surface area contributed by atoms with Crippen molar-refractivity contribution in [3.8, 4) is 17.5 Å². The molecule has 0 fully saturated rings. The highest BCUT2D eigenvalue weighted by molar-refractivity contribution is 6.83. The maximum atomic E-state index is 13.0. The molecule has 0 aromatic heterocycles. The van der Waals surface area contributed by atoms with Gasteiger partial charge in [0.05, 0.1) is 11.6 Å². The predicted octanol–water partition coefficient (Wildman–Crippen LogP) is 2.93. The van der Waals surface area contributed by atoms with E-state index in [1.165, 1.54) is 12.1 Å². The molecule has 0 saturated heterocycles. The molecule has 0 bridgehead atoms. The minimum Gasteiger partial charge on any atom is -0.207 e. The third kappa shape index (κ3) is 3.97. The Balaban J connectivity index is 3.11. The van der Waals surface area contributed by atoms with E-state index < -0.39 is 13.9 Å². The van der Waals surface area contributed by atoms with E-state index in [1.807, 2.05) is 6.07 Å². The smallest absolute Gasteiger partial charge is 0.129 e. The van der Waals surface area contributed by atoms with Crippen LogP contribution in [0.3, 0.4) is 0 Å². The number of halogens is 1. The van der Waals surface area contributed by atoms with Crippen LogP contribution in [0.15, 0.2) is 18.2 Å². The summed E-state index contributed by atoms with van der Waals surface area (Å²) < 4.78 is 13.0. The molecule has 0 atom stereocenters. The van der Waals surface area contributed by atoms with Gasteiger partial charge in [-0.2, -0.15) is 5.26 Å². The van der Waals surface area contributed by atoms with E-state index in [0.717, 1.165) is 0 Å². The van der Waals surface area contributed by atoms with Crippen LogP contribution in [-0.4, -0.2) is 8.07 Å². The average Bonchev–Trinajstić information content (AvgIpc) is 2.13. The zero-order chi connectivity index (χ0) is 11.5. The Labute approximate surface area is 90.6 Å². The maximum Gasteiger partial charge on any atom is 0.129 e. The summed E-state index contributed by atoms with van der Waals surface area (Å²) in [4.78, 5) is 0. The second-order valence-corrected chi connectivity index (χ2v) is 9.09. The lowest BCUT2D eigenvalue weighted by molar-refractivity contribution is 0.627. The Hall–Kier alpha value is -1.58. The summed E-state index contributed by atoms with van der Waals surface area (Å²) in [5, 5.41) is 8.66. The SMILES string of the molecule is C[Si](C)(C)C#Cc1cc(F)cc(C#N)c1. The van der Waals surface area contributed by atoms with Gasteiger partial charge < -0.3 is 0 Å². The third-order valence-electron chi connectivity index (χ3n) is 1.61. The van der Waals surface area contributed by atoms with E-state index in [1.54, 1.807) is 6.07 Å². The molecule has 0 saturated carbocycles. The molecule has 1 aromatic carbocycles. The van der Waals surface area contributed by atoms with Crippen molar-refractivity contribution in [2.24, 2.45) is 0 Å². The highest BCUT2D eigenvalue weighted by atomic mass is 28.3. The summed E-state index contributed by atoms with van der Waals surface area (Å²) in [7, 11) is -1.45. The molecule has 0 aliphatic heterocycles. The second-order valence-electron chi connectivity index (χ2n) is 4.34. The Bertz CT molecular complexity index is 469. The van der Waals surface area contributed by atoms with Gasteiger partial charge in [-0.1, -0.05) is 25.6 Å². The number of benzene rings is 1. The van der Waals surface area contributed by atoms with Crippen LogP contribution in [0.5, 0.6) is 0 Å². The number of hydrogen-bond donors (Lipinski definition) is 0. The van der Waals surface area contributed by atoms with Crippen molar-refractivity contribution < 1.29 is 4.39 Å². The molecule has 15 heavy (non-hydrogen) atoms. The van der Waals surface area contributed by atoms with Crippen LogP contribution in [0.2, 0.25) is 19.6 Å². The highest BCUT2D eigenvalue weighted by Crippen LogP contribution is 2.08. The molecule has 0 unspecified atom stereocenters. The van der Waals surface area contributed by atoms with Gasteiger partial charge in [0.25, 0.3) is 0 Å². The molecule has 0 aliphatic rings. The van der Waals surface area contributed by atoms with Gasteiger partial charge in [0.15, 0.2) is 0 Å². The summed E-state index contributed by atoms with van der Waals surface area (Å²) in [6.45, 7) is 6.35. The maximum absolute atomic E-state index is 13.0. The quantitative estimate of drug-likeness (QED) is 0.484. The van der Waals surface area contributed by atoms with Gasteiger partial charge >= 0.3 is 0 Å². The summed E-state index contributed by atoms with van der Waals surface area (Å²) >= 11 is 0. The lowest BCUT2D eigenvalue weighted by Crippen LogP contribution is -2.16. The van der Waals surface area contributed by atoms with Crippen LogP contribution in [0.25, 0.3) is 0 Å². The molecule has 1 nitrogen and oxygen atoms in total. The van der Waals surface area contributed by atoms with Gasteiger partial charge in [0.1, 0.15) is 13.9 Å². The van der Waals surface area contributed by atoms with E-state index in [2.05, 4.69) is 31.1 Å². The fourth-order valence-corrected chi connectivity index (χ4v) is 1.51. The van der Waals surface area contributed by atoms with Gasteiger partial charge in [-0.15, -0.1) is 5.54 Å². The Morgan fingerprint density at radius 1 is 1.13 bits per heavy atom. The molecule has 0 heterocycles. The number of hydrogen-bond acceptors (Lipinski definition) is 1. The first-order valence-corrected chi connectivity index (χ1v) is 8.14. The minimum absolute atomic E-state index is 0.315. The van der Waals surface area contributed by atoms with Crippen LogP contribution >= 0.6 is 0 Å². The van der Waals surface area contributed by atoms with Crippen LogP contribution in [0.4, 0.5) is 4.39 Å². The van der Waals surface area contributed by atoms with Gasteiger partial charge in [-0.25, -0.2) is 4.39 Å². The second kappa shape index (κ2) is 4.29. The predicted molar refractivity (Wildman–Crippen MR) is 61.3 cm³/mol. The molecule has 76 valence electrons. The van der Waals surface area contributed by atoms with Crippen LogP contribution in [-0.2, 0) is 0 Å². The Kier molecular flexibility index (Phi) is 3.29. The lowest BCUT2D eigenvalue weighted by atomic mass is 10.1. The number of nitrogens with zero attached hydrogens (tertiary/aromatic N) is 1. The zero-order valence-corrected chi connectivity index (χ0v) is 10.1. The van der Waals surface area contributed by atoms with Crippen LogP contribution in [0, 0.1) is 28.6 Å². The van der Waals surface area contributed by atoms with E-state index in [9.17, 15) is 4.39 Å². The van der Waals surface area contributed by atoms with Gasteiger partial charge in [-0.3, -0.25) is 0 Å². The van der Waals surface area contributed by atoms with Crippen molar-refractivity contribution in [3.05, 3.63) is 35.1 Å². The van der Waals surface area contributed by atoms with Crippen molar-refractivity contribution in [2.45, 2.75) is 19.6 Å². The molecule has 0 radical (unpaired) electrons. The fraction of sp³-hybridized carbons (Fsp3) is 0.250. The van der Waals surface area contributed by atoms with Gasteiger partial charge in [-0.05, 0) is 18.2 Å². The summed E-state index contributed by atoms with van der Waals surface area (Å²) in [5.74, 6) is 2.51. The molecule has 0 amide bonds. The molecule has 0 N–H and O–H groups in total. The molecule has 1 aromatic rings. The van der Waals surface area contributed by atoms with Crippen molar-refractivity contribution in [1.82, 2.24) is 0 Å². The van der Waals surface area contributed by atoms with Gasteiger partial charge in [0.2, 0.25) is 0 Å². The summed E-state index contributed by atoms with van der Waals surface area (Å²) in [6.07, 6.45) is 0. The van der Waals surface area contributed by atoms with Gasteiger partial charge in [0, 0.05) is 5.56 Å². The molecule has 0 spiro atoms. The van der Waals surface area contributed by atoms with Crippen molar-refractivity contribution in [1.29, 1.82) is 5.26 Å². The van der Waals surface area contributed by atoms with E-state index in [-0.39, 0.29) is 0 Å². The minimum atomic E-state index is -1.45. The van der Waals surface area contributed by atoms with Crippen LogP contribution in [0.1, 0.15) is 11.1 Å². The first kappa shape index (κ1) is 11.5. The van der Waals surface area contributed by atoms with Crippen molar-refractivity contribution >= 4 is 8.07 Å².